The lowest BCUT2D eigenvalue weighted by Gasteiger charge is -1.94. The summed E-state index contributed by atoms with van der Waals surface area (Å²) in [6, 6.07) is 6.71. The first kappa shape index (κ1) is 7.41. The van der Waals surface area contributed by atoms with Crippen molar-refractivity contribution in [3.63, 3.8) is 0 Å². The van der Waals surface area contributed by atoms with Gasteiger partial charge in [-0.3, -0.25) is 0 Å². The van der Waals surface area contributed by atoms with Crippen LogP contribution >= 0.6 is 34.5 Å². The van der Waals surface area contributed by atoms with Crippen LogP contribution in [0.1, 0.15) is 0 Å². The summed E-state index contributed by atoms with van der Waals surface area (Å²) in [6.07, 6.45) is 0. The minimum atomic E-state index is 0.501. The normalized spacial score (nSPS) is 10.7. The smallest absolute Gasteiger partial charge is 0.0776 e. The SMILES string of the molecule is Clc1[c]cc2ccsc2c1Cl. The van der Waals surface area contributed by atoms with Crippen LogP contribution in [0.2, 0.25) is 10.0 Å². The highest BCUT2D eigenvalue weighted by molar-refractivity contribution is 7.18. The average Bonchev–Trinajstić information content (AvgIpc) is 2.45. The summed E-state index contributed by atoms with van der Waals surface area (Å²) in [5.41, 5.74) is 0. The van der Waals surface area contributed by atoms with Crippen LogP contribution in [0.25, 0.3) is 10.1 Å². The van der Waals surface area contributed by atoms with Crippen LogP contribution in [-0.4, -0.2) is 0 Å². The van der Waals surface area contributed by atoms with Gasteiger partial charge in [-0.25, -0.2) is 0 Å². The number of hydrogen-bond acceptors (Lipinski definition) is 1. The van der Waals surface area contributed by atoms with Crippen molar-refractivity contribution in [1.82, 2.24) is 0 Å². The van der Waals surface area contributed by atoms with Gasteiger partial charge in [-0.1, -0.05) is 23.2 Å². The van der Waals surface area contributed by atoms with Gasteiger partial charge in [-0.05, 0) is 22.9 Å². The van der Waals surface area contributed by atoms with Gasteiger partial charge in [0, 0.05) is 6.07 Å². The molecule has 0 spiro atoms. The van der Waals surface area contributed by atoms with Gasteiger partial charge < -0.3 is 0 Å². The van der Waals surface area contributed by atoms with E-state index >= 15 is 0 Å². The molecule has 0 N–H and O–H groups in total. The topological polar surface area (TPSA) is 0 Å². The van der Waals surface area contributed by atoms with Crippen molar-refractivity contribution in [3.8, 4) is 0 Å². The predicted octanol–water partition coefficient (Wildman–Crippen LogP) is 4.01. The van der Waals surface area contributed by atoms with E-state index in [1.165, 1.54) is 0 Å². The molecule has 1 aromatic heterocycles. The lowest BCUT2D eigenvalue weighted by Crippen LogP contribution is -1.68. The first-order chi connectivity index (χ1) is 5.29. The van der Waals surface area contributed by atoms with E-state index in [1.807, 2.05) is 17.5 Å². The molecule has 55 valence electrons. The van der Waals surface area contributed by atoms with Crippen LogP contribution in [0.15, 0.2) is 17.5 Å². The molecular formula is C8H3Cl2S. The number of rotatable bonds is 0. The molecule has 1 aromatic carbocycles. The summed E-state index contributed by atoms with van der Waals surface area (Å²) >= 11 is 13.3. The molecule has 0 aliphatic heterocycles. The summed E-state index contributed by atoms with van der Waals surface area (Å²) in [6.45, 7) is 0. The second kappa shape index (κ2) is 2.67. The number of hydrogen-bond donors (Lipinski definition) is 0. The highest BCUT2D eigenvalue weighted by Crippen LogP contribution is 2.33. The van der Waals surface area contributed by atoms with E-state index in [4.69, 9.17) is 23.2 Å². The molecule has 0 aliphatic rings. The first-order valence-electron chi connectivity index (χ1n) is 3.02. The Morgan fingerprint density at radius 1 is 1.36 bits per heavy atom. The van der Waals surface area contributed by atoms with E-state index in [0.29, 0.717) is 10.0 Å². The molecule has 0 bridgehead atoms. The third-order valence-electron chi connectivity index (χ3n) is 1.44. The van der Waals surface area contributed by atoms with Crippen LogP contribution < -0.4 is 0 Å². The van der Waals surface area contributed by atoms with Gasteiger partial charge in [-0.15, -0.1) is 11.3 Å². The van der Waals surface area contributed by atoms with Crippen molar-refractivity contribution in [3.05, 3.63) is 33.6 Å². The molecular weight excluding hydrogens is 199 g/mol. The van der Waals surface area contributed by atoms with Gasteiger partial charge in [0.2, 0.25) is 0 Å². The maximum Gasteiger partial charge on any atom is 0.0776 e. The molecule has 0 amide bonds. The summed E-state index contributed by atoms with van der Waals surface area (Å²) in [5, 5.41) is 4.20. The summed E-state index contributed by atoms with van der Waals surface area (Å²) in [5.74, 6) is 0. The summed E-state index contributed by atoms with van der Waals surface area (Å²) in [4.78, 5) is 0. The fourth-order valence-electron chi connectivity index (χ4n) is 0.915. The Balaban J connectivity index is 2.93. The van der Waals surface area contributed by atoms with E-state index in [1.54, 1.807) is 11.3 Å². The van der Waals surface area contributed by atoms with Gasteiger partial charge >= 0.3 is 0 Å². The van der Waals surface area contributed by atoms with E-state index in [0.717, 1.165) is 10.1 Å². The Morgan fingerprint density at radius 3 is 3.00 bits per heavy atom. The molecule has 0 aliphatic carbocycles. The zero-order chi connectivity index (χ0) is 7.84. The molecule has 1 heterocycles. The van der Waals surface area contributed by atoms with Crippen molar-refractivity contribution in [1.29, 1.82) is 0 Å². The molecule has 2 rings (SSSR count). The van der Waals surface area contributed by atoms with E-state index in [9.17, 15) is 0 Å². The minimum absolute atomic E-state index is 0.501. The standard InChI is InChI=1S/C8H3Cl2S/c9-6-2-1-5-3-4-11-8(5)7(6)10/h1,3-4H. The number of benzene rings is 1. The van der Waals surface area contributed by atoms with E-state index < -0.39 is 0 Å². The third kappa shape index (κ3) is 1.13. The zero-order valence-electron chi connectivity index (χ0n) is 5.40. The summed E-state index contributed by atoms with van der Waals surface area (Å²) in [7, 11) is 0. The monoisotopic (exact) mass is 201 g/mol. The number of fused-ring (bicyclic) bond motifs is 1. The van der Waals surface area contributed by atoms with Gasteiger partial charge in [0.15, 0.2) is 0 Å². The van der Waals surface area contributed by atoms with Crippen molar-refractivity contribution in [2.75, 3.05) is 0 Å². The quantitative estimate of drug-likeness (QED) is 0.605. The average molecular weight is 202 g/mol. The van der Waals surface area contributed by atoms with Crippen LogP contribution in [0.3, 0.4) is 0 Å². The molecule has 11 heavy (non-hydrogen) atoms. The Hall–Kier alpha value is -0.240. The Bertz CT molecular complexity index is 392. The van der Waals surface area contributed by atoms with Gasteiger partial charge in [0.05, 0.1) is 14.7 Å². The van der Waals surface area contributed by atoms with Crippen LogP contribution in [0.4, 0.5) is 0 Å². The predicted molar refractivity (Wildman–Crippen MR) is 50.7 cm³/mol. The van der Waals surface area contributed by atoms with Crippen molar-refractivity contribution in [2.24, 2.45) is 0 Å². The maximum absolute atomic E-state index is 5.91. The lowest BCUT2D eigenvalue weighted by atomic mass is 10.3. The fourth-order valence-corrected chi connectivity index (χ4v) is 2.24. The molecule has 0 atom stereocenters. The third-order valence-corrected chi connectivity index (χ3v) is 3.27. The highest BCUT2D eigenvalue weighted by Gasteiger charge is 2.03. The highest BCUT2D eigenvalue weighted by atomic mass is 35.5. The second-order valence-corrected chi connectivity index (χ2v) is 3.79. The van der Waals surface area contributed by atoms with Crippen molar-refractivity contribution in [2.45, 2.75) is 0 Å². The molecule has 0 saturated heterocycles. The minimum Gasteiger partial charge on any atom is -0.142 e. The Morgan fingerprint density at radius 2 is 2.18 bits per heavy atom. The van der Waals surface area contributed by atoms with Gasteiger partial charge in [-0.2, -0.15) is 0 Å². The number of halogens is 2. The van der Waals surface area contributed by atoms with Crippen molar-refractivity contribution >= 4 is 44.6 Å². The van der Waals surface area contributed by atoms with Crippen LogP contribution in [0.5, 0.6) is 0 Å². The molecule has 0 saturated carbocycles. The number of thiophene rings is 1. The van der Waals surface area contributed by atoms with E-state index in [-0.39, 0.29) is 0 Å². The molecule has 0 fully saturated rings. The first-order valence-corrected chi connectivity index (χ1v) is 4.65. The Kier molecular flexibility index (Phi) is 1.80. The molecule has 0 unspecified atom stereocenters. The largest absolute Gasteiger partial charge is 0.142 e. The molecule has 2 aromatic rings. The summed E-state index contributed by atoms with van der Waals surface area (Å²) < 4.78 is 1.04. The lowest BCUT2D eigenvalue weighted by molar-refractivity contribution is 1.82. The Labute approximate surface area is 78.4 Å². The molecule has 1 radical (unpaired) electrons. The second-order valence-electron chi connectivity index (χ2n) is 2.12. The van der Waals surface area contributed by atoms with Gasteiger partial charge in [0.25, 0.3) is 0 Å². The van der Waals surface area contributed by atoms with Crippen LogP contribution in [-0.2, 0) is 0 Å². The fraction of sp³-hybridized carbons (Fsp3) is 0. The zero-order valence-corrected chi connectivity index (χ0v) is 7.72. The van der Waals surface area contributed by atoms with Crippen LogP contribution in [0, 0.1) is 6.07 Å². The molecule has 0 nitrogen and oxygen atoms in total. The van der Waals surface area contributed by atoms with Gasteiger partial charge in [0.1, 0.15) is 0 Å². The van der Waals surface area contributed by atoms with Crippen molar-refractivity contribution < 1.29 is 0 Å². The maximum atomic E-state index is 5.91. The molecule has 3 heteroatoms. The van der Waals surface area contributed by atoms with E-state index in [2.05, 4.69) is 6.07 Å².